The second-order valence-electron chi connectivity index (χ2n) is 9.77. The molecule has 0 saturated carbocycles. The van der Waals surface area contributed by atoms with Crippen LogP contribution in [0.3, 0.4) is 0 Å². The van der Waals surface area contributed by atoms with Gasteiger partial charge in [-0.1, -0.05) is 13.8 Å². The molecule has 1 amide bonds. The Labute approximate surface area is 217 Å². The van der Waals surface area contributed by atoms with Gasteiger partial charge >= 0.3 is 5.97 Å². The highest BCUT2D eigenvalue weighted by Gasteiger charge is 2.45. The minimum atomic E-state index is -1.94. The largest absolute Gasteiger partial charge is 0.486 e. The van der Waals surface area contributed by atoms with Gasteiger partial charge in [-0.15, -0.1) is 0 Å². The maximum absolute atomic E-state index is 15.3. The molecule has 3 aliphatic heterocycles. The molecule has 1 atom stereocenters. The molecule has 1 aromatic carbocycles. The number of rotatable bonds is 4. The molecule has 0 spiro atoms. The second-order valence-corrected chi connectivity index (χ2v) is 9.77. The number of hydrogen-bond donors (Lipinski definition) is 2. The molecule has 0 fully saturated rings. The third kappa shape index (κ3) is 3.24. The Kier molecular flexibility index (Phi) is 5.55. The van der Waals surface area contributed by atoms with Crippen molar-refractivity contribution in [2.24, 2.45) is 0 Å². The van der Waals surface area contributed by atoms with Gasteiger partial charge in [-0.25, -0.2) is 14.2 Å². The number of halogens is 1. The zero-order chi connectivity index (χ0) is 26.9. The molecular weight excluding hydrogens is 495 g/mol. The molecule has 10 nitrogen and oxygen atoms in total. The highest BCUT2D eigenvalue weighted by Crippen LogP contribution is 2.46. The molecule has 3 aromatic rings. The number of aromatic nitrogens is 2. The summed E-state index contributed by atoms with van der Waals surface area (Å²) in [7, 11) is 0. The van der Waals surface area contributed by atoms with Crippen LogP contribution in [-0.2, 0) is 33.1 Å². The first-order chi connectivity index (χ1) is 18.2. The molecule has 3 aliphatic rings. The fourth-order valence-corrected chi connectivity index (χ4v) is 5.72. The number of carbonyl (C=O) groups excluding carboxylic acids is 2. The van der Waals surface area contributed by atoms with Crippen LogP contribution in [0, 0.1) is 12.7 Å². The Morgan fingerprint density at radius 3 is 2.76 bits per heavy atom. The SMILES string of the molecule is CCNCC(=O)N1CCOc2c(F)cc3nc4c(c(C)c3c21)Cn1c-4cc2c(c1=O)COC(=O)[C@]2(O)CC. The summed E-state index contributed by atoms with van der Waals surface area (Å²) in [6, 6.07) is 2.90. The molecule has 2 N–H and O–H groups in total. The number of esters is 1. The van der Waals surface area contributed by atoms with E-state index in [1.807, 2.05) is 13.8 Å². The average molecular weight is 523 g/mol. The van der Waals surface area contributed by atoms with E-state index in [2.05, 4.69) is 5.32 Å². The Morgan fingerprint density at radius 2 is 2.03 bits per heavy atom. The minimum absolute atomic E-state index is 0.00487. The highest BCUT2D eigenvalue weighted by atomic mass is 19.1. The lowest BCUT2D eigenvalue weighted by Crippen LogP contribution is -2.44. The van der Waals surface area contributed by atoms with E-state index in [4.69, 9.17) is 14.5 Å². The van der Waals surface area contributed by atoms with Gasteiger partial charge in [0, 0.05) is 22.6 Å². The molecule has 2 aromatic heterocycles. The molecule has 0 radical (unpaired) electrons. The second kappa shape index (κ2) is 8.60. The Morgan fingerprint density at radius 1 is 1.24 bits per heavy atom. The lowest BCUT2D eigenvalue weighted by Gasteiger charge is -2.32. The first kappa shape index (κ1) is 24.5. The maximum atomic E-state index is 15.3. The van der Waals surface area contributed by atoms with Crippen LogP contribution in [0.25, 0.3) is 22.3 Å². The van der Waals surface area contributed by atoms with Gasteiger partial charge in [0.05, 0.1) is 47.8 Å². The molecule has 198 valence electrons. The van der Waals surface area contributed by atoms with Crippen LogP contribution in [0.2, 0.25) is 0 Å². The van der Waals surface area contributed by atoms with Crippen LogP contribution in [0.1, 0.15) is 42.5 Å². The summed E-state index contributed by atoms with van der Waals surface area (Å²) in [5.74, 6) is -1.64. The summed E-state index contributed by atoms with van der Waals surface area (Å²) in [5, 5.41) is 14.7. The number of cyclic esters (lactones) is 1. The maximum Gasteiger partial charge on any atom is 0.343 e. The van der Waals surface area contributed by atoms with Crippen molar-refractivity contribution in [2.45, 2.75) is 45.9 Å². The van der Waals surface area contributed by atoms with Gasteiger partial charge in [-0.3, -0.25) is 9.59 Å². The summed E-state index contributed by atoms with van der Waals surface area (Å²) >= 11 is 0. The zero-order valence-corrected chi connectivity index (χ0v) is 21.3. The number of carbonyl (C=O) groups is 2. The van der Waals surface area contributed by atoms with E-state index in [1.165, 1.54) is 15.5 Å². The van der Waals surface area contributed by atoms with Crippen molar-refractivity contribution in [2.75, 3.05) is 31.1 Å². The number of amides is 1. The highest BCUT2D eigenvalue weighted by molar-refractivity contribution is 6.08. The molecule has 5 heterocycles. The number of anilines is 1. The van der Waals surface area contributed by atoms with Crippen LogP contribution >= 0.6 is 0 Å². The van der Waals surface area contributed by atoms with Crippen molar-refractivity contribution in [3.63, 3.8) is 0 Å². The Hall–Kier alpha value is -3.83. The van der Waals surface area contributed by atoms with Crippen LogP contribution in [-0.4, -0.2) is 52.8 Å². The standard InChI is InChI=1S/C27H27FN4O6/c1-4-27(36)16-8-19-22-14(11-32(19)25(34)15(16)12-38-26(27)35)13(3)21-18(30-22)9-17(28)24-23(21)31(6-7-37-24)20(33)10-29-5-2/h8-9,29,36H,4-7,10-12H2,1-3H3/t27-/m0/s1. The normalized spacial score (nSPS) is 19.4. The first-order valence-electron chi connectivity index (χ1n) is 12.7. The number of ether oxygens (including phenoxy) is 2. The van der Waals surface area contributed by atoms with E-state index >= 15 is 4.39 Å². The summed E-state index contributed by atoms with van der Waals surface area (Å²) in [5.41, 5.74) is 1.16. The van der Waals surface area contributed by atoms with E-state index in [0.29, 0.717) is 34.5 Å². The molecule has 38 heavy (non-hydrogen) atoms. The topological polar surface area (TPSA) is 123 Å². The van der Waals surface area contributed by atoms with Gasteiger partial charge in [0.2, 0.25) is 5.91 Å². The fourth-order valence-electron chi connectivity index (χ4n) is 5.72. The summed E-state index contributed by atoms with van der Waals surface area (Å²) < 4.78 is 27.6. The summed E-state index contributed by atoms with van der Waals surface area (Å²) in [6.45, 7) is 6.51. The van der Waals surface area contributed by atoms with Crippen LogP contribution < -0.4 is 20.5 Å². The van der Waals surface area contributed by atoms with Gasteiger partial charge in [0.1, 0.15) is 13.2 Å². The molecular formula is C27H27FN4O6. The molecule has 0 unspecified atom stereocenters. The van der Waals surface area contributed by atoms with Crippen molar-refractivity contribution in [3.05, 3.63) is 50.6 Å². The number of likely N-dealkylation sites (N-methyl/N-ethyl adjacent to an activating group) is 1. The van der Waals surface area contributed by atoms with Gasteiger partial charge < -0.3 is 29.4 Å². The minimum Gasteiger partial charge on any atom is -0.486 e. The Balaban J connectivity index is 1.59. The number of nitrogens with one attached hydrogen (secondary N) is 1. The molecule has 11 heteroatoms. The van der Waals surface area contributed by atoms with Crippen molar-refractivity contribution < 1.29 is 28.6 Å². The lowest BCUT2D eigenvalue weighted by molar-refractivity contribution is -0.172. The molecule has 0 saturated heterocycles. The number of aryl methyl sites for hydroxylation is 1. The van der Waals surface area contributed by atoms with E-state index in [0.717, 1.165) is 11.1 Å². The quantitative estimate of drug-likeness (QED) is 0.390. The van der Waals surface area contributed by atoms with Crippen LogP contribution in [0.15, 0.2) is 16.9 Å². The van der Waals surface area contributed by atoms with Crippen molar-refractivity contribution in [3.8, 4) is 17.1 Å². The van der Waals surface area contributed by atoms with Gasteiger partial charge in [0.15, 0.2) is 17.2 Å². The number of pyridine rings is 2. The third-order valence-electron chi connectivity index (χ3n) is 7.79. The van der Waals surface area contributed by atoms with Crippen molar-refractivity contribution in [1.29, 1.82) is 0 Å². The number of nitrogens with zero attached hydrogens (tertiary/aromatic N) is 3. The average Bonchev–Trinajstić information content (AvgIpc) is 3.28. The fraction of sp³-hybridized carbons (Fsp3) is 0.407. The molecule has 0 bridgehead atoms. The van der Waals surface area contributed by atoms with Gasteiger partial charge in [-0.2, -0.15) is 0 Å². The first-order valence-corrected chi connectivity index (χ1v) is 12.7. The van der Waals surface area contributed by atoms with E-state index in [9.17, 15) is 19.5 Å². The summed E-state index contributed by atoms with van der Waals surface area (Å²) in [4.78, 5) is 45.3. The number of aliphatic hydroxyl groups is 1. The Bertz CT molecular complexity index is 1620. The smallest absolute Gasteiger partial charge is 0.343 e. The van der Waals surface area contributed by atoms with Crippen LogP contribution in [0.4, 0.5) is 10.1 Å². The monoisotopic (exact) mass is 522 g/mol. The van der Waals surface area contributed by atoms with E-state index in [1.54, 1.807) is 13.0 Å². The van der Waals surface area contributed by atoms with Crippen molar-refractivity contribution in [1.82, 2.24) is 14.9 Å². The van der Waals surface area contributed by atoms with Gasteiger partial charge in [-0.05, 0) is 31.5 Å². The van der Waals surface area contributed by atoms with Crippen molar-refractivity contribution >= 4 is 28.5 Å². The lowest BCUT2D eigenvalue weighted by atomic mass is 9.86. The third-order valence-corrected chi connectivity index (χ3v) is 7.79. The number of hydrogen-bond acceptors (Lipinski definition) is 8. The summed E-state index contributed by atoms with van der Waals surface area (Å²) in [6.07, 6.45) is 0.0346. The number of benzene rings is 1. The van der Waals surface area contributed by atoms with E-state index < -0.39 is 17.4 Å². The van der Waals surface area contributed by atoms with Gasteiger partial charge in [0.25, 0.3) is 5.56 Å². The number of fused-ring (bicyclic) bond motifs is 7. The van der Waals surface area contributed by atoms with Crippen LogP contribution in [0.5, 0.6) is 5.75 Å². The predicted octanol–water partition coefficient (Wildman–Crippen LogP) is 1.86. The predicted molar refractivity (Wildman–Crippen MR) is 136 cm³/mol. The molecule has 0 aliphatic carbocycles. The molecule has 6 rings (SSSR count). The van der Waals surface area contributed by atoms with E-state index in [-0.39, 0.29) is 67.6 Å². The zero-order valence-electron chi connectivity index (χ0n) is 21.3.